The highest BCUT2D eigenvalue weighted by molar-refractivity contribution is 5.30. The van der Waals surface area contributed by atoms with E-state index in [0.717, 1.165) is 0 Å². The average Bonchev–Trinajstić information content (AvgIpc) is 2.53. The van der Waals surface area contributed by atoms with Gasteiger partial charge in [-0.2, -0.15) is 20.1 Å². The lowest BCUT2D eigenvalue weighted by Gasteiger charge is -2.00. The second-order valence-electron chi connectivity index (χ2n) is 2.30. The van der Waals surface area contributed by atoms with Crippen LogP contribution in [0.2, 0.25) is 0 Å². The van der Waals surface area contributed by atoms with Crippen molar-refractivity contribution in [3.63, 3.8) is 0 Å². The number of anilines is 2. The molecule has 0 atom stereocenters. The third-order valence-corrected chi connectivity index (χ3v) is 1.37. The van der Waals surface area contributed by atoms with Crippen molar-refractivity contribution in [3.8, 4) is 5.95 Å². The number of nitrogens with two attached hydrogens (primary N) is 2. The lowest BCUT2D eigenvalue weighted by molar-refractivity contribution is 0.802. The van der Waals surface area contributed by atoms with E-state index < -0.39 is 0 Å². The first-order chi connectivity index (χ1) is 6.25. The van der Waals surface area contributed by atoms with Crippen molar-refractivity contribution in [2.45, 2.75) is 0 Å². The van der Waals surface area contributed by atoms with E-state index in [4.69, 9.17) is 11.5 Å². The second-order valence-corrected chi connectivity index (χ2v) is 2.30. The molecule has 13 heavy (non-hydrogen) atoms. The smallest absolute Gasteiger partial charge is 0.257 e. The molecule has 0 aliphatic carbocycles. The predicted molar refractivity (Wildman–Crippen MR) is 45.8 cm³/mol. The molecule has 0 spiro atoms. The molecule has 7 nitrogen and oxygen atoms in total. The van der Waals surface area contributed by atoms with Crippen molar-refractivity contribution in [2.24, 2.45) is 0 Å². The Morgan fingerprint density at radius 3 is 2.31 bits per heavy atom. The van der Waals surface area contributed by atoms with Gasteiger partial charge in [-0.25, -0.2) is 4.68 Å². The zero-order valence-electron chi connectivity index (χ0n) is 6.62. The van der Waals surface area contributed by atoms with Gasteiger partial charge in [-0.3, -0.25) is 0 Å². The van der Waals surface area contributed by atoms with Gasteiger partial charge in [0, 0.05) is 12.4 Å². The van der Waals surface area contributed by atoms with Gasteiger partial charge in [0.2, 0.25) is 11.9 Å². The standard InChI is InChI=1S/C6H7N7/c7-4-10-5(8)12-6(11-4)13-3-1-2-9-13/h1-3H,(H4,7,8,10,11,12). The highest BCUT2D eigenvalue weighted by atomic mass is 15.4. The minimum Gasteiger partial charge on any atom is -0.368 e. The molecule has 0 unspecified atom stereocenters. The van der Waals surface area contributed by atoms with Crippen LogP contribution in [0, 0.1) is 0 Å². The molecule has 66 valence electrons. The molecular formula is C6H7N7. The van der Waals surface area contributed by atoms with Gasteiger partial charge in [0.15, 0.2) is 0 Å². The predicted octanol–water partition coefficient (Wildman–Crippen LogP) is -0.778. The van der Waals surface area contributed by atoms with E-state index in [-0.39, 0.29) is 11.9 Å². The molecule has 0 aliphatic rings. The fourth-order valence-corrected chi connectivity index (χ4v) is 0.887. The lowest BCUT2D eigenvalue weighted by Crippen LogP contribution is -2.09. The Bertz CT molecular complexity index is 387. The molecular weight excluding hydrogens is 170 g/mol. The van der Waals surface area contributed by atoms with Crippen LogP contribution >= 0.6 is 0 Å². The van der Waals surface area contributed by atoms with E-state index in [2.05, 4.69) is 20.1 Å². The van der Waals surface area contributed by atoms with E-state index in [1.54, 1.807) is 18.5 Å². The molecule has 2 heterocycles. The summed E-state index contributed by atoms with van der Waals surface area (Å²) in [7, 11) is 0. The van der Waals surface area contributed by atoms with Gasteiger partial charge in [-0.15, -0.1) is 0 Å². The number of hydrogen-bond donors (Lipinski definition) is 2. The van der Waals surface area contributed by atoms with E-state index in [0.29, 0.717) is 5.95 Å². The van der Waals surface area contributed by atoms with E-state index in [9.17, 15) is 0 Å². The summed E-state index contributed by atoms with van der Waals surface area (Å²) in [6, 6.07) is 1.75. The second kappa shape index (κ2) is 2.70. The van der Waals surface area contributed by atoms with E-state index >= 15 is 0 Å². The molecule has 2 aromatic rings. The van der Waals surface area contributed by atoms with Crippen molar-refractivity contribution in [2.75, 3.05) is 11.5 Å². The van der Waals surface area contributed by atoms with Crippen LogP contribution in [0.5, 0.6) is 0 Å². The number of hydrogen-bond acceptors (Lipinski definition) is 6. The van der Waals surface area contributed by atoms with Crippen molar-refractivity contribution < 1.29 is 0 Å². The summed E-state index contributed by atoms with van der Waals surface area (Å²) in [5.74, 6) is 0.478. The maximum atomic E-state index is 5.38. The zero-order chi connectivity index (χ0) is 9.26. The van der Waals surface area contributed by atoms with Crippen LogP contribution in [0.3, 0.4) is 0 Å². The van der Waals surface area contributed by atoms with E-state index in [1.165, 1.54) is 4.68 Å². The van der Waals surface area contributed by atoms with Crippen LogP contribution in [-0.2, 0) is 0 Å². The monoisotopic (exact) mass is 177 g/mol. The molecule has 7 heteroatoms. The molecule has 2 aromatic heterocycles. The first-order valence-corrected chi connectivity index (χ1v) is 3.53. The summed E-state index contributed by atoms with van der Waals surface area (Å²) in [5, 5.41) is 3.92. The Morgan fingerprint density at radius 1 is 1.08 bits per heavy atom. The molecule has 0 bridgehead atoms. The van der Waals surface area contributed by atoms with Gasteiger partial charge in [0.25, 0.3) is 5.95 Å². The minimum absolute atomic E-state index is 0.0815. The summed E-state index contributed by atoms with van der Waals surface area (Å²) >= 11 is 0. The average molecular weight is 177 g/mol. The Morgan fingerprint density at radius 2 is 1.77 bits per heavy atom. The third-order valence-electron chi connectivity index (χ3n) is 1.37. The van der Waals surface area contributed by atoms with Crippen LogP contribution in [0.15, 0.2) is 18.5 Å². The Kier molecular flexibility index (Phi) is 1.55. The molecule has 0 amide bonds. The maximum absolute atomic E-state index is 5.38. The summed E-state index contributed by atoms with van der Waals surface area (Å²) in [6.07, 6.45) is 3.30. The van der Waals surface area contributed by atoms with Gasteiger partial charge >= 0.3 is 0 Å². The Balaban J connectivity index is 2.53. The van der Waals surface area contributed by atoms with Crippen LogP contribution in [0.1, 0.15) is 0 Å². The molecule has 2 rings (SSSR count). The topological polar surface area (TPSA) is 109 Å². The Hall–Kier alpha value is -2.18. The van der Waals surface area contributed by atoms with Gasteiger partial charge < -0.3 is 11.5 Å². The summed E-state index contributed by atoms with van der Waals surface area (Å²) in [5.41, 5.74) is 10.8. The summed E-state index contributed by atoms with van der Waals surface area (Å²) < 4.78 is 1.45. The molecule has 0 radical (unpaired) electrons. The Labute approximate surface area is 73.4 Å². The third kappa shape index (κ3) is 1.39. The maximum Gasteiger partial charge on any atom is 0.257 e. The van der Waals surface area contributed by atoms with Gasteiger partial charge in [-0.1, -0.05) is 0 Å². The highest BCUT2D eigenvalue weighted by Gasteiger charge is 2.02. The van der Waals surface area contributed by atoms with Crippen molar-refractivity contribution >= 4 is 11.9 Å². The lowest BCUT2D eigenvalue weighted by atomic mass is 10.7. The van der Waals surface area contributed by atoms with Crippen LogP contribution < -0.4 is 11.5 Å². The molecule has 0 aromatic carbocycles. The first kappa shape index (κ1) is 7.47. The highest BCUT2D eigenvalue weighted by Crippen LogP contribution is 2.02. The van der Waals surface area contributed by atoms with Crippen molar-refractivity contribution in [1.82, 2.24) is 24.7 Å². The van der Waals surface area contributed by atoms with Crippen LogP contribution in [0.25, 0.3) is 5.95 Å². The number of aromatic nitrogens is 5. The van der Waals surface area contributed by atoms with Crippen LogP contribution in [0.4, 0.5) is 11.9 Å². The molecule has 0 fully saturated rings. The molecule has 4 N–H and O–H groups in total. The van der Waals surface area contributed by atoms with E-state index in [1.807, 2.05) is 0 Å². The van der Waals surface area contributed by atoms with Gasteiger partial charge in [0.05, 0.1) is 0 Å². The van der Waals surface area contributed by atoms with Gasteiger partial charge in [-0.05, 0) is 6.07 Å². The molecule has 0 saturated heterocycles. The fraction of sp³-hybridized carbons (Fsp3) is 0. The quantitative estimate of drug-likeness (QED) is 0.591. The number of nitrogen functional groups attached to an aromatic ring is 2. The largest absolute Gasteiger partial charge is 0.368 e. The SMILES string of the molecule is Nc1nc(N)nc(-n2cccn2)n1. The van der Waals surface area contributed by atoms with Crippen molar-refractivity contribution in [1.29, 1.82) is 0 Å². The first-order valence-electron chi connectivity index (χ1n) is 3.53. The van der Waals surface area contributed by atoms with Crippen molar-refractivity contribution in [3.05, 3.63) is 18.5 Å². The molecule has 0 saturated carbocycles. The summed E-state index contributed by atoms with van der Waals surface area (Å²) in [4.78, 5) is 11.3. The molecule has 0 aliphatic heterocycles. The normalized spacial score (nSPS) is 10.2. The van der Waals surface area contributed by atoms with Gasteiger partial charge in [0.1, 0.15) is 0 Å². The number of rotatable bonds is 1. The van der Waals surface area contributed by atoms with Crippen LogP contribution in [-0.4, -0.2) is 24.7 Å². The zero-order valence-corrected chi connectivity index (χ0v) is 6.62. The minimum atomic E-state index is 0.0815. The number of nitrogens with zero attached hydrogens (tertiary/aromatic N) is 5. The summed E-state index contributed by atoms with van der Waals surface area (Å²) in [6.45, 7) is 0. The fourth-order valence-electron chi connectivity index (χ4n) is 0.887.